The summed E-state index contributed by atoms with van der Waals surface area (Å²) in [5.74, 6) is -1.67. The Labute approximate surface area is 237 Å². The average Bonchev–Trinajstić information content (AvgIpc) is 3.45. The second-order valence-electron chi connectivity index (χ2n) is 8.81. The number of carbonyl (C=O) groups is 2. The monoisotopic (exact) mass is 584 g/mol. The van der Waals surface area contributed by atoms with Crippen molar-refractivity contribution in [3.8, 4) is 16.9 Å². The number of sulfonamides is 1. The summed E-state index contributed by atoms with van der Waals surface area (Å²) in [7, 11) is -3.73. The van der Waals surface area contributed by atoms with E-state index in [1.54, 1.807) is 41.2 Å². The lowest BCUT2D eigenvalue weighted by Gasteiger charge is -2.21. The third-order valence-electron chi connectivity index (χ3n) is 5.91. The Hall–Kier alpha value is -3.32. The Kier molecular flexibility index (Phi) is 9.01. The van der Waals surface area contributed by atoms with E-state index in [0.29, 0.717) is 42.8 Å². The largest absolute Gasteiger partial charge is 0.480 e. The van der Waals surface area contributed by atoms with Gasteiger partial charge in [-0.3, -0.25) is 14.5 Å². The number of benzene rings is 2. The van der Waals surface area contributed by atoms with E-state index in [2.05, 4.69) is 0 Å². The van der Waals surface area contributed by atoms with Gasteiger partial charge in [-0.25, -0.2) is 13.1 Å². The van der Waals surface area contributed by atoms with Crippen LogP contribution in [-0.4, -0.2) is 68.3 Å². The molecule has 0 atom stereocenters. The Morgan fingerprint density at radius 1 is 1.10 bits per heavy atom. The van der Waals surface area contributed by atoms with Crippen molar-refractivity contribution in [1.82, 2.24) is 19.0 Å². The van der Waals surface area contributed by atoms with Crippen LogP contribution in [0.25, 0.3) is 23.0 Å². The lowest BCUT2D eigenvalue weighted by Crippen LogP contribution is -2.33. The fourth-order valence-electron chi connectivity index (χ4n) is 4.15. The summed E-state index contributed by atoms with van der Waals surface area (Å²) in [5.41, 5.74) is 2.36. The first kappa shape index (κ1) is 28.7. The molecule has 1 aromatic heterocycles. The maximum atomic E-state index is 13.5. The zero-order valence-electron chi connectivity index (χ0n) is 21.5. The number of aromatic nitrogens is 2. The Balaban J connectivity index is 1.81. The Morgan fingerprint density at radius 3 is 2.44 bits per heavy atom. The average molecular weight is 585 g/mol. The molecule has 204 valence electrons. The van der Waals surface area contributed by atoms with Gasteiger partial charge in [-0.05, 0) is 43.2 Å². The summed E-state index contributed by atoms with van der Waals surface area (Å²) in [6.07, 6.45) is 4.76. The molecule has 1 saturated heterocycles. The third-order valence-corrected chi connectivity index (χ3v) is 9.18. The van der Waals surface area contributed by atoms with Crippen molar-refractivity contribution in [2.45, 2.75) is 31.6 Å². The summed E-state index contributed by atoms with van der Waals surface area (Å²) < 4.78 is 30.2. The molecule has 0 bridgehead atoms. The normalized spacial score (nSPS) is 15.1. The molecule has 1 aliphatic heterocycles. The molecule has 4 rings (SSSR count). The van der Waals surface area contributed by atoms with Gasteiger partial charge in [-0.2, -0.15) is 9.40 Å². The van der Waals surface area contributed by atoms with E-state index in [4.69, 9.17) is 22.4 Å². The minimum Gasteiger partial charge on any atom is -0.480 e. The Morgan fingerprint density at radius 2 is 1.79 bits per heavy atom. The number of carboxylic acid groups (broad SMARTS) is 1. The van der Waals surface area contributed by atoms with Crippen LogP contribution in [0.4, 0.5) is 0 Å². The summed E-state index contributed by atoms with van der Waals surface area (Å²) in [6.45, 7) is 4.20. The van der Waals surface area contributed by atoms with Crippen molar-refractivity contribution in [2.75, 3.05) is 19.6 Å². The highest BCUT2D eigenvalue weighted by Crippen LogP contribution is 2.35. The first-order valence-corrected chi connectivity index (χ1v) is 15.0. The minimum atomic E-state index is -3.73. The van der Waals surface area contributed by atoms with E-state index in [0.717, 1.165) is 22.3 Å². The van der Waals surface area contributed by atoms with Crippen molar-refractivity contribution in [3.05, 3.63) is 71.3 Å². The molecule has 0 aliphatic carbocycles. The number of carbonyl (C=O) groups excluding carboxylic acids is 1. The second kappa shape index (κ2) is 12.2. The smallest absolute Gasteiger partial charge is 0.323 e. The van der Waals surface area contributed by atoms with Crippen molar-refractivity contribution in [2.24, 2.45) is 0 Å². The van der Waals surface area contributed by atoms with Gasteiger partial charge in [0.2, 0.25) is 10.0 Å². The standard InChI is InChI=1S/C27H28N4O5S3/c1-3-13-29(14-4-2)39(35,36)22-12-8-9-19(15-22)25-20(17-31(28-25)21-10-6-5-7-11-21)16-23-26(34)30(18-24(32)33)27(37)38-23/h5-12,15-17H,3-4,13-14,18H2,1-2H3,(H,32,33)/b23-16-. The third kappa shape index (κ3) is 6.30. The van der Waals surface area contributed by atoms with E-state index in [-0.39, 0.29) is 14.1 Å². The predicted molar refractivity (Wildman–Crippen MR) is 156 cm³/mol. The number of thioether (sulfide) groups is 1. The molecule has 0 radical (unpaired) electrons. The quantitative estimate of drug-likeness (QED) is 0.256. The zero-order valence-corrected chi connectivity index (χ0v) is 23.9. The molecule has 12 heteroatoms. The lowest BCUT2D eigenvalue weighted by atomic mass is 10.1. The number of thiocarbonyl (C=S) groups is 1. The van der Waals surface area contributed by atoms with E-state index in [1.807, 2.05) is 44.2 Å². The predicted octanol–water partition coefficient (Wildman–Crippen LogP) is 4.64. The molecule has 0 saturated carbocycles. The molecule has 9 nitrogen and oxygen atoms in total. The Bertz CT molecular complexity index is 1530. The van der Waals surface area contributed by atoms with Crippen molar-refractivity contribution < 1.29 is 23.1 Å². The second-order valence-corrected chi connectivity index (χ2v) is 12.4. The zero-order chi connectivity index (χ0) is 28.2. The number of carboxylic acids is 1. The summed E-state index contributed by atoms with van der Waals surface area (Å²) >= 11 is 6.25. The summed E-state index contributed by atoms with van der Waals surface area (Å²) in [4.78, 5) is 25.6. The highest BCUT2D eigenvalue weighted by molar-refractivity contribution is 8.26. The van der Waals surface area contributed by atoms with Crippen LogP contribution in [-0.2, 0) is 19.6 Å². The summed E-state index contributed by atoms with van der Waals surface area (Å²) in [6, 6.07) is 16.0. The van der Waals surface area contributed by atoms with Gasteiger partial charge in [0, 0.05) is 30.4 Å². The van der Waals surface area contributed by atoms with Crippen LogP contribution in [0, 0.1) is 0 Å². The molecule has 1 fully saturated rings. The molecular formula is C27H28N4O5S3. The topological polar surface area (TPSA) is 113 Å². The van der Waals surface area contributed by atoms with Gasteiger partial charge in [0.1, 0.15) is 16.6 Å². The van der Waals surface area contributed by atoms with Crippen molar-refractivity contribution in [3.63, 3.8) is 0 Å². The number of nitrogens with zero attached hydrogens (tertiary/aromatic N) is 4. The van der Waals surface area contributed by atoms with Crippen LogP contribution in [0.3, 0.4) is 0 Å². The molecule has 3 aromatic rings. The van der Waals surface area contributed by atoms with Crippen LogP contribution in [0.1, 0.15) is 32.3 Å². The van der Waals surface area contributed by atoms with Gasteiger partial charge in [0.15, 0.2) is 0 Å². The van der Waals surface area contributed by atoms with E-state index >= 15 is 0 Å². The van der Waals surface area contributed by atoms with E-state index in [9.17, 15) is 18.0 Å². The summed E-state index contributed by atoms with van der Waals surface area (Å²) in [5, 5.41) is 13.9. The van der Waals surface area contributed by atoms with Gasteiger partial charge >= 0.3 is 5.97 Å². The fourth-order valence-corrected chi connectivity index (χ4v) is 7.06. The maximum Gasteiger partial charge on any atom is 0.323 e. The highest BCUT2D eigenvalue weighted by atomic mass is 32.2. The van der Waals surface area contributed by atoms with Crippen molar-refractivity contribution in [1.29, 1.82) is 0 Å². The number of hydrogen-bond acceptors (Lipinski definition) is 7. The van der Waals surface area contributed by atoms with Gasteiger partial charge < -0.3 is 5.11 Å². The van der Waals surface area contributed by atoms with Gasteiger partial charge in [0.05, 0.1) is 15.5 Å². The number of para-hydroxylation sites is 1. The molecule has 2 heterocycles. The molecule has 2 aromatic carbocycles. The molecule has 1 N–H and O–H groups in total. The van der Waals surface area contributed by atoms with E-state index in [1.165, 1.54) is 4.31 Å². The van der Waals surface area contributed by atoms with Crippen LogP contribution in [0.5, 0.6) is 0 Å². The molecule has 1 aliphatic rings. The lowest BCUT2D eigenvalue weighted by molar-refractivity contribution is -0.140. The molecule has 39 heavy (non-hydrogen) atoms. The first-order valence-electron chi connectivity index (χ1n) is 12.4. The number of rotatable bonds is 11. The van der Waals surface area contributed by atoms with E-state index < -0.39 is 28.4 Å². The highest BCUT2D eigenvalue weighted by Gasteiger charge is 2.34. The molecular weight excluding hydrogens is 557 g/mol. The maximum absolute atomic E-state index is 13.5. The number of aliphatic carboxylic acids is 1. The molecule has 0 spiro atoms. The fraction of sp³-hybridized carbons (Fsp3) is 0.259. The van der Waals surface area contributed by atoms with Crippen molar-refractivity contribution >= 4 is 56.3 Å². The van der Waals surface area contributed by atoms with Gasteiger partial charge in [-0.1, -0.05) is 68.2 Å². The van der Waals surface area contributed by atoms with Crippen LogP contribution >= 0.6 is 24.0 Å². The van der Waals surface area contributed by atoms with Crippen LogP contribution in [0.2, 0.25) is 0 Å². The number of amides is 1. The molecule has 0 unspecified atom stereocenters. The number of hydrogen-bond donors (Lipinski definition) is 1. The van der Waals surface area contributed by atoms with Crippen LogP contribution < -0.4 is 0 Å². The SMILES string of the molecule is CCCN(CCC)S(=O)(=O)c1cccc(-c2nn(-c3ccccc3)cc2/C=C2\SC(=S)N(CC(=O)O)C2=O)c1. The van der Waals surface area contributed by atoms with Gasteiger partial charge in [-0.15, -0.1) is 0 Å². The van der Waals surface area contributed by atoms with Crippen LogP contribution in [0.15, 0.2) is 70.6 Å². The first-order chi connectivity index (χ1) is 18.6. The minimum absolute atomic E-state index is 0.158. The molecule has 1 amide bonds. The van der Waals surface area contributed by atoms with Gasteiger partial charge in [0.25, 0.3) is 5.91 Å².